The lowest BCUT2D eigenvalue weighted by molar-refractivity contribution is 0.0755. The minimum Gasteiger partial charge on any atom is -0.396 e. The normalized spacial score (nSPS) is 10.2. The Morgan fingerprint density at radius 2 is 2.28 bits per heavy atom. The predicted molar refractivity (Wildman–Crippen MR) is 71.8 cm³/mol. The van der Waals surface area contributed by atoms with E-state index >= 15 is 0 Å². The van der Waals surface area contributed by atoms with Gasteiger partial charge in [0.2, 0.25) is 0 Å². The number of nitrogens with one attached hydrogen (secondary N) is 1. The van der Waals surface area contributed by atoms with E-state index in [0.29, 0.717) is 25.1 Å². The number of amides is 1. The average molecular weight is 251 g/mol. The Morgan fingerprint density at radius 1 is 1.56 bits per heavy atom. The van der Waals surface area contributed by atoms with Gasteiger partial charge >= 0.3 is 0 Å². The number of aryl methyl sites for hydroxylation is 1. The summed E-state index contributed by atoms with van der Waals surface area (Å²) in [6.07, 6.45) is 2.19. The van der Waals surface area contributed by atoms with Gasteiger partial charge in [0.25, 0.3) is 5.91 Å². The second kappa shape index (κ2) is 6.96. The first-order valence-electron chi connectivity index (χ1n) is 6.18. The smallest absolute Gasteiger partial charge is 0.257 e. The molecule has 0 aliphatic carbocycles. The molecule has 5 nitrogen and oxygen atoms in total. The lowest BCUT2D eigenvalue weighted by Crippen LogP contribution is -2.32. The van der Waals surface area contributed by atoms with Gasteiger partial charge in [0.15, 0.2) is 0 Å². The van der Waals surface area contributed by atoms with Crippen LogP contribution in [0, 0.1) is 6.92 Å². The van der Waals surface area contributed by atoms with E-state index in [0.717, 1.165) is 11.4 Å². The number of carbonyl (C=O) groups is 1. The highest BCUT2D eigenvalue weighted by molar-refractivity contribution is 5.99. The third-order valence-corrected chi connectivity index (χ3v) is 2.80. The maximum Gasteiger partial charge on any atom is 0.257 e. The van der Waals surface area contributed by atoms with Gasteiger partial charge in [-0.05, 0) is 26.3 Å². The molecule has 2 N–H and O–H groups in total. The summed E-state index contributed by atoms with van der Waals surface area (Å²) in [5, 5.41) is 11.9. The number of aromatic nitrogens is 1. The molecule has 0 spiro atoms. The Labute approximate surface area is 108 Å². The van der Waals surface area contributed by atoms with Crippen molar-refractivity contribution in [2.24, 2.45) is 0 Å². The molecule has 0 fully saturated rings. The van der Waals surface area contributed by atoms with Gasteiger partial charge in [-0.15, -0.1) is 0 Å². The molecule has 0 saturated carbocycles. The molecule has 0 saturated heterocycles. The average Bonchev–Trinajstić information content (AvgIpc) is 2.39. The van der Waals surface area contributed by atoms with Crippen LogP contribution < -0.4 is 5.32 Å². The molecular weight excluding hydrogens is 230 g/mol. The fourth-order valence-corrected chi connectivity index (χ4v) is 1.77. The number of pyridine rings is 1. The first kappa shape index (κ1) is 14.4. The molecule has 1 amide bonds. The molecule has 0 radical (unpaired) electrons. The van der Waals surface area contributed by atoms with E-state index in [-0.39, 0.29) is 12.5 Å². The highest BCUT2D eigenvalue weighted by Gasteiger charge is 2.17. The molecule has 1 rings (SSSR count). The summed E-state index contributed by atoms with van der Waals surface area (Å²) in [4.78, 5) is 18.2. The van der Waals surface area contributed by atoms with Gasteiger partial charge in [-0.1, -0.05) is 0 Å². The topological polar surface area (TPSA) is 65.5 Å². The van der Waals surface area contributed by atoms with Crippen LogP contribution >= 0.6 is 0 Å². The van der Waals surface area contributed by atoms with Crippen LogP contribution in [0.2, 0.25) is 0 Å². The summed E-state index contributed by atoms with van der Waals surface area (Å²) >= 11 is 0. The number of rotatable bonds is 6. The first-order chi connectivity index (χ1) is 8.63. The Balaban J connectivity index is 2.93. The van der Waals surface area contributed by atoms with Gasteiger partial charge in [0.1, 0.15) is 0 Å². The van der Waals surface area contributed by atoms with Crippen molar-refractivity contribution in [3.05, 3.63) is 23.5 Å². The van der Waals surface area contributed by atoms with Gasteiger partial charge in [-0.2, -0.15) is 0 Å². The standard InChI is InChI=1S/C13H21N3O2/c1-4-16(6-5-7-17)13(18)11-9-15-10(2)8-12(11)14-3/h8-9,17H,4-7H2,1-3H3,(H,14,15). The molecule has 18 heavy (non-hydrogen) atoms. The molecule has 0 atom stereocenters. The van der Waals surface area contributed by atoms with E-state index in [2.05, 4.69) is 10.3 Å². The molecule has 0 aliphatic rings. The molecule has 0 aliphatic heterocycles. The molecular formula is C13H21N3O2. The molecule has 5 heteroatoms. The van der Waals surface area contributed by atoms with E-state index in [9.17, 15) is 4.79 Å². The molecule has 0 unspecified atom stereocenters. The SMILES string of the molecule is CCN(CCCO)C(=O)c1cnc(C)cc1NC. The van der Waals surface area contributed by atoms with Crippen molar-refractivity contribution in [1.82, 2.24) is 9.88 Å². The number of anilines is 1. The molecule has 1 aromatic heterocycles. The van der Waals surface area contributed by atoms with E-state index in [1.165, 1.54) is 0 Å². The molecule has 1 heterocycles. The lowest BCUT2D eigenvalue weighted by Gasteiger charge is -2.21. The van der Waals surface area contributed by atoms with Gasteiger partial charge in [0.05, 0.1) is 11.3 Å². The van der Waals surface area contributed by atoms with E-state index < -0.39 is 0 Å². The van der Waals surface area contributed by atoms with Crippen molar-refractivity contribution >= 4 is 11.6 Å². The third-order valence-electron chi connectivity index (χ3n) is 2.80. The zero-order valence-electron chi connectivity index (χ0n) is 11.2. The summed E-state index contributed by atoms with van der Waals surface area (Å²) in [6, 6.07) is 1.85. The van der Waals surface area contributed by atoms with Crippen molar-refractivity contribution in [3.63, 3.8) is 0 Å². The number of aliphatic hydroxyl groups excluding tert-OH is 1. The van der Waals surface area contributed by atoms with Crippen LogP contribution in [-0.2, 0) is 0 Å². The zero-order valence-corrected chi connectivity index (χ0v) is 11.2. The predicted octanol–water partition coefficient (Wildman–Crippen LogP) is 1.28. The largest absolute Gasteiger partial charge is 0.396 e. The number of hydrogen-bond acceptors (Lipinski definition) is 4. The Morgan fingerprint density at radius 3 is 2.83 bits per heavy atom. The minimum atomic E-state index is -0.0530. The first-order valence-corrected chi connectivity index (χ1v) is 6.18. The number of carbonyl (C=O) groups excluding carboxylic acids is 1. The van der Waals surface area contributed by atoms with Crippen LogP contribution in [0.4, 0.5) is 5.69 Å². The van der Waals surface area contributed by atoms with E-state index in [1.807, 2.05) is 19.9 Å². The molecule has 1 aromatic rings. The summed E-state index contributed by atoms with van der Waals surface area (Å²) in [7, 11) is 1.79. The molecule has 0 bridgehead atoms. The Bertz CT molecular complexity index is 407. The summed E-state index contributed by atoms with van der Waals surface area (Å²) < 4.78 is 0. The second-order valence-electron chi connectivity index (χ2n) is 4.08. The van der Waals surface area contributed by atoms with Crippen LogP contribution in [0.25, 0.3) is 0 Å². The van der Waals surface area contributed by atoms with Crippen molar-refractivity contribution in [1.29, 1.82) is 0 Å². The van der Waals surface area contributed by atoms with Crippen LogP contribution in [0.3, 0.4) is 0 Å². The Hall–Kier alpha value is -1.62. The second-order valence-corrected chi connectivity index (χ2v) is 4.08. The van der Waals surface area contributed by atoms with Gasteiger partial charge in [0, 0.05) is 38.6 Å². The minimum absolute atomic E-state index is 0.0530. The van der Waals surface area contributed by atoms with E-state index in [4.69, 9.17) is 5.11 Å². The Kier molecular flexibility index (Phi) is 5.58. The number of nitrogens with zero attached hydrogens (tertiary/aromatic N) is 2. The monoisotopic (exact) mass is 251 g/mol. The molecule has 100 valence electrons. The van der Waals surface area contributed by atoms with Crippen LogP contribution in [-0.4, -0.2) is 47.6 Å². The fourth-order valence-electron chi connectivity index (χ4n) is 1.77. The summed E-state index contributed by atoms with van der Waals surface area (Å²) in [5.41, 5.74) is 2.23. The van der Waals surface area contributed by atoms with Crippen LogP contribution in [0.1, 0.15) is 29.4 Å². The van der Waals surface area contributed by atoms with Crippen molar-refractivity contribution < 1.29 is 9.90 Å². The summed E-state index contributed by atoms with van der Waals surface area (Å²) in [5.74, 6) is -0.0530. The van der Waals surface area contributed by atoms with Gasteiger partial charge in [-0.3, -0.25) is 9.78 Å². The van der Waals surface area contributed by atoms with Crippen molar-refractivity contribution in [2.45, 2.75) is 20.3 Å². The highest BCUT2D eigenvalue weighted by atomic mass is 16.3. The van der Waals surface area contributed by atoms with Gasteiger partial charge in [-0.25, -0.2) is 0 Å². The fraction of sp³-hybridized carbons (Fsp3) is 0.538. The van der Waals surface area contributed by atoms with Gasteiger partial charge < -0.3 is 15.3 Å². The molecule has 0 aromatic carbocycles. The van der Waals surface area contributed by atoms with Crippen LogP contribution in [0.5, 0.6) is 0 Å². The number of aliphatic hydroxyl groups is 1. The summed E-state index contributed by atoms with van der Waals surface area (Å²) in [6.45, 7) is 5.09. The van der Waals surface area contributed by atoms with Crippen LogP contribution in [0.15, 0.2) is 12.3 Å². The van der Waals surface area contributed by atoms with E-state index in [1.54, 1.807) is 18.1 Å². The highest BCUT2D eigenvalue weighted by Crippen LogP contribution is 2.17. The number of hydrogen-bond donors (Lipinski definition) is 2. The zero-order chi connectivity index (χ0) is 13.5. The maximum atomic E-state index is 12.3. The third kappa shape index (κ3) is 3.43. The lowest BCUT2D eigenvalue weighted by atomic mass is 10.1. The van der Waals surface area contributed by atoms with Crippen molar-refractivity contribution in [3.8, 4) is 0 Å². The van der Waals surface area contributed by atoms with Crippen molar-refractivity contribution in [2.75, 3.05) is 32.1 Å². The maximum absolute atomic E-state index is 12.3. The quantitative estimate of drug-likeness (QED) is 0.799.